The molecule has 38 heavy (non-hydrogen) atoms. The summed E-state index contributed by atoms with van der Waals surface area (Å²) in [4.78, 5) is 21.3. The van der Waals surface area contributed by atoms with Crippen LogP contribution < -0.4 is 9.47 Å². The van der Waals surface area contributed by atoms with Gasteiger partial charge in [-0.1, -0.05) is 84.2 Å². The summed E-state index contributed by atoms with van der Waals surface area (Å²) in [5, 5.41) is 0.747. The Morgan fingerprint density at radius 1 is 1.03 bits per heavy atom. The Morgan fingerprint density at radius 2 is 1.74 bits per heavy atom. The third kappa shape index (κ3) is 6.00. The van der Waals surface area contributed by atoms with Gasteiger partial charge in [0.05, 0.1) is 17.7 Å². The van der Waals surface area contributed by atoms with Gasteiger partial charge in [0.15, 0.2) is 16.7 Å². The van der Waals surface area contributed by atoms with Gasteiger partial charge in [0.2, 0.25) is 0 Å². The highest BCUT2D eigenvalue weighted by Crippen LogP contribution is 2.42. The largest absolute Gasteiger partial charge is 0.493 e. The number of rotatable bonds is 7. The van der Waals surface area contributed by atoms with Crippen LogP contribution in [0.2, 0.25) is 0 Å². The molecule has 1 amide bonds. The highest BCUT2D eigenvalue weighted by molar-refractivity contribution is 9.10. The number of ether oxygens (including phenoxy) is 2. The molecule has 0 bridgehead atoms. The van der Waals surface area contributed by atoms with Crippen LogP contribution in [0, 0.1) is 5.92 Å². The predicted molar refractivity (Wildman–Crippen MR) is 159 cm³/mol. The lowest BCUT2D eigenvalue weighted by Gasteiger charge is -2.35. The van der Waals surface area contributed by atoms with E-state index in [-0.39, 0.29) is 11.9 Å². The lowest BCUT2D eigenvalue weighted by Crippen LogP contribution is -2.44. The van der Waals surface area contributed by atoms with Crippen LogP contribution in [-0.2, 0) is 11.4 Å². The smallest absolute Gasteiger partial charge is 0.267 e. The molecule has 2 aliphatic rings. The number of carbonyl (C=O) groups is 1. The SMILES string of the molecule is COc1cc(/C=C2\SC(=Nc3ccccc3)N([C@@H]3CCCC[C@@H]3C)C2=O)c(Br)cc1OCc1ccccc1. The number of amidine groups is 1. The molecule has 5 nitrogen and oxygen atoms in total. The Bertz CT molecular complexity index is 1340. The zero-order valence-electron chi connectivity index (χ0n) is 21.6. The summed E-state index contributed by atoms with van der Waals surface area (Å²) in [5.74, 6) is 1.70. The number of para-hydroxylation sites is 1. The second-order valence-electron chi connectivity index (χ2n) is 9.64. The van der Waals surface area contributed by atoms with Gasteiger partial charge in [-0.15, -0.1) is 0 Å². The van der Waals surface area contributed by atoms with Gasteiger partial charge in [0.25, 0.3) is 5.91 Å². The van der Waals surface area contributed by atoms with Gasteiger partial charge in [0.1, 0.15) is 6.61 Å². The maximum atomic E-state index is 13.8. The molecule has 1 aliphatic carbocycles. The standard InChI is InChI=1S/C31H31BrN2O3S/c1-21-11-9-10-16-26(21)34-30(35)29(38-31(34)33-24-14-7-4-8-15-24)18-23-17-27(36-2)28(19-25(23)32)37-20-22-12-5-3-6-13-22/h3-8,12-15,17-19,21,26H,9-11,16,20H2,1-2H3/b29-18-,33-31?/t21-,26+/m0/s1. The van der Waals surface area contributed by atoms with E-state index >= 15 is 0 Å². The van der Waals surface area contributed by atoms with Crippen molar-refractivity contribution < 1.29 is 14.3 Å². The van der Waals surface area contributed by atoms with E-state index in [0.717, 1.165) is 45.7 Å². The van der Waals surface area contributed by atoms with Gasteiger partial charge in [-0.25, -0.2) is 4.99 Å². The molecule has 1 saturated heterocycles. The molecular formula is C31H31BrN2O3S. The highest BCUT2D eigenvalue weighted by atomic mass is 79.9. The van der Waals surface area contributed by atoms with Crippen molar-refractivity contribution in [3.05, 3.63) is 93.3 Å². The lowest BCUT2D eigenvalue weighted by atomic mass is 9.85. The number of thioether (sulfide) groups is 1. The van der Waals surface area contributed by atoms with Crippen molar-refractivity contribution in [3.8, 4) is 11.5 Å². The Balaban J connectivity index is 1.45. The molecule has 1 heterocycles. The summed E-state index contributed by atoms with van der Waals surface area (Å²) in [6.45, 7) is 2.69. The number of nitrogens with zero attached hydrogens (tertiary/aromatic N) is 2. The van der Waals surface area contributed by atoms with E-state index in [2.05, 4.69) is 22.9 Å². The van der Waals surface area contributed by atoms with Crippen molar-refractivity contribution in [2.75, 3.05) is 7.11 Å². The van der Waals surface area contributed by atoms with Crippen LogP contribution >= 0.6 is 27.7 Å². The minimum atomic E-state index is 0.0127. The fourth-order valence-corrected chi connectivity index (χ4v) is 6.43. The molecule has 3 aromatic carbocycles. The fraction of sp³-hybridized carbons (Fsp3) is 0.290. The predicted octanol–water partition coefficient (Wildman–Crippen LogP) is 8.22. The first-order valence-electron chi connectivity index (χ1n) is 12.9. The Kier molecular flexibility index (Phi) is 8.55. The number of benzene rings is 3. The molecule has 2 fully saturated rings. The normalized spacial score (nSPS) is 21.8. The lowest BCUT2D eigenvalue weighted by molar-refractivity contribution is -0.124. The molecule has 0 N–H and O–H groups in total. The topological polar surface area (TPSA) is 51.1 Å². The molecule has 7 heteroatoms. The van der Waals surface area contributed by atoms with E-state index in [0.29, 0.717) is 28.9 Å². The number of carbonyl (C=O) groups excluding carboxylic acids is 1. The first-order chi connectivity index (χ1) is 18.5. The molecular weight excluding hydrogens is 560 g/mol. The summed E-state index contributed by atoms with van der Waals surface area (Å²) in [5.41, 5.74) is 2.77. The molecule has 0 unspecified atom stereocenters. The molecule has 1 saturated carbocycles. The van der Waals surface area contributed by atoms with Crippen LogP contribution in [0.3, 0.4) is 0 Å². The molecule has 0 radical (unpaired) electrons. The minimum Gasteiger partial charge on any atom is -0.493 e. The van der Waals surface area contributed by atoms with Gasteiger partial charge in [-0.2, -0.15) is 0 Å². The molecule has 1 aliphatic heterocycles. The van der Waals surface area contributed by atoms with Gasteiger partial charge in [-0.05, 0) is 72.0 Å². The molecule has 196 valence electrons. The molecule has 2 atom stereocenters. The van der Waals surface area contributed by atoms with Crippen molar-refractivity contribution in [1.29, 1.82) is 0 Å². The first-order valence-corrected chi connectivity index (χ1v) is 14.6. The van der Waals surface area contributed by atoms with Gasteiger partial charge < -0.3 is 9.47 Å². The summed E-state index contributed by atoms with van der Waals surface area (Å²) in [7, 11) is 1.63. The zero-order valence-corrected chi connectivity index (χ0v) is 24.0. The molecule has 3 aromatic rings. The zero-order chi connectivity index (χ0) is 26.5. The average Bonchev–Trinajstić information content (AvgIpc) is 3.24. The monoisotopic (exact) mass is 590 g/mol. The van der Waals surface area contributed by atoms with E-state index in [1.807, 2.05) is 83.8 Å². The van der Waals surface area contributed by atoms with Crippen LogP contribution in [0.1, 0.15) is 43.7 Å². The second kappa shape index (κ2) is 12.2. The van der Waals surface area contributed by atoms with E-state index in [1.54, 1.807) is 7.11 Å². The van der Waals surface area contributed by atoms with Crippen molar-refractivity contribution in [3.63, 3.8) is 0 Å². The number of halogens is 1. The highest BCUT2D eigenvalue weighted by Gasteiger charge is 2.41. The summed E-state index contributed by atoms with van der Waals surface area (Å²) in [6, 6.07) is 23.8. The van der Waals surface area contributed by atoms with E-state index < -0.39 is 0 Å². The van der Waals surface area contributed by atoms with Crippen LogP contribution in [-0.4, -0.2) is 29.1 Å². The Morgan fingerprint density at radius 3 is 2.45 bits per heavy atom. The van der Waals surface area contributed by atoms with Gasteiger partial charge >= 0.3 is 0 Å². The van der Waals surface area contributed by atoms with E-state index in [9.17, 15) is 4.79 Å². The quantitative estimate of drug-likeness (QED) is 0.260. The van der Waals surface area contributed by atoms with Crippen molar-refractivity contribution in [2.45, 2.75) is 45.3 Å². The van der Waals surface area contributed by atoms with Gasteiger partial charge in [-0.3, -0.25) is 9.69 Å². The summed E-state index contributed by atoms with van der Waals surface area (Å²) in [6.07, 6.45) is 6.40. The Hall–Kier alpha value is -3.03. The van der Waals surface area contributed by atoms with E-state index in [4.69, 9.17) is 14.5 Å². The fourth-order valence-electron chi connectivity index (χ4n) is 4.96. The maximum Gasteiger partial charge on any atom is 0.267 e. The maximum absolute atomic E-state index is 13.8. The number of hydrogen-bond acceptors (Lipinski definition) is 5. The van der Waals surface area contributed by atoms with Crippen LogP contribution in [0.4, 0.5) is 5.69 Å². The minimum absolute atomic E-state index is 0.0127. The number of hydrogen-bond donors (Lipinski definition) is 0. The number of methoxy groups -OCH3 is 1. The number of amides is 1. The van der Waals surface area contributed by atoms with E-state index in [1.165, 1.54) is 18.2 Å². The van der Waals surface area contributed by atoms with Crippen LogP contribution in [0.5, 0.6) is 11.5 Å². The van der Waals surface area contributed by atoms with Gasteiger partial charge in [0, 0.05) is 10.5 Å². The molecule has 0 spiro atoms. The third-order valence-corrected chi connectivity index (χ3v) is 8.69. The van der Waals surface area contributed by atoms with Crippen LogP contribution in [0.15, 0.2) is 87.2 Å². The third-order valence-electron chi connectivity index (χ3n) is 7.02. The number of aliphatic imine (C=N–C) groups is 1. The first kappa shape index (κ1) is 26.6. The Labute approximate surface area is 237 Å². The van der Waals surface area contributed by atoms with Crippen LogP contribution in [0.25, 0.3) is 6.08 Å². The van der Waals surface area contributed by atoms with Crippen molar-refractivity contribution >= 4 is 50.5 Å². The summed E-state index contributed by atoms with van der Waals surface area (Å²) < 4.78 is 12.5. The molecule has 5 rings (SSSR count). The van der Waals surface area contributed by atoms with Crippen molar-refractivity contribution in [1.82, 2.24) is 4.90 Å². The second-order valence-corrected chi connectivity index (χ2v) is 11.5. The van der Waals surface area contributed by atoms with Crippen molar-refractivity contribution in [2.24, 2.45) is 10.9 Å². The average molecular weight is 592 g/mol. The molecule has 0 aromatic heterocycles. The summed E-state index contributed by atoms with van der Waals surface area (Å²) >= 11 is 5.13.